The number of aliphatic hydroxyl groups is 1. The molecule has 112 valence electrons. The number of amides is 1. The Balaban J connectivity index is 2.27. The molecule has 3 N–H and O–H groups in total. The second-order valence-corrected chi connectivity index (χ2v) is 5.24. The van der Waals surface area contributed by atoms with Gasteiger partial charge in [-0.15, -0.1) is 0 Å². The highest BCUT2D eigenvalue weighted by Crippen LogP contribution is 2.34. The first-order valence-corrected chi connectivity index (χ1v) is 7.27. The van der Waals surface area contributed by atoms with Crippen LogP contribution in [0.1, 0.15) is 12.0 Å². The molecule has 1 amide bonds. The number of fused-ring (bicyclic) bond motifs is 1. The van der Waals surface area contributed by atoms with Gasteiger partial charge in [-0.1, -0.05) is 48.5 Å². The number of aliphatic hydroxyl groups excluding tert-OH is 1. The van der Waals surface area contributed by atoms with E-state index in [1.54, 1.807) is 0 Å². The van der Waals surface area contributed by atoms with Crippen molar-refractivity contribution in [3.8, 4) is 11.3 Å². The van der Waals surface area contributed by atoms with Crippen LogP contribution in [-0.2, 0) is 17.9 Å². The van der Waals surface area contributed by atoms with Crippen molar-refractivity contribution < 1.29 is 9.90 Å². The predicted octanol–water partition coefficient (Wildman–Crippen LogP) is 2.68. The highest BCUT2D eigenvalue weighted by molar-refractivity contribution is 5.92. The zero-order valence-electron chi connectivity index (χ0n) is 12.2. The summed E-state index contributed by atoms with van der Waals surface area (Å²) in [5.74, 6) is -0.331. The fraction of sp³-hybridized carbons (Fsp3) is 0.167. The highest BCUT2D eigenvalue weighted by atomic mass is 16.3. The van der Waals surface area contributed by atoms with E-state index in [1.807, 2.05) is 54.6 Å². The predicted molar refractivity (Wildman–Crippen MR) is 87.1 cm³/mol. The van der Waals surface area contributed by atoms with E-state index >= 15 is 0 Å². The summed E-state index contributed by atoms with van der Waals surface area (Å²) in [6.45, 7) is 0.453. The number of aromatic nitrogens is 1. The second kappa shape index (κ2) is 6.03. The Labute approximate surface area is 128 Å². The summed E-state index contributed by atoms with van der Waals surface area (Å²) in [5, 5.41) is 10.9. The molecular formula is C18H18N2O2. The van der Waals surface area contributed by atoms with E-state index in [0.29, 0.717) is 6.54 Å². The Morgan fingerprint density at radius 1 is 1.05 bits per heavy atom. The zero-order valence-corrected chi connectivity index (χ0v) is 12.2. The topological polar surface area (TPSA) is 68.2 Å². The lowest BCUT2D eigenvalue weighted by Crippen LogP contribution is -2.14. The van der Waals surface area contributed by atoms with Gasteiger partial charge in [-0.05, 0) is 11.6 Å². The molecule has 3 aromatic rings. The molecule has 0 unspecified atom stereocenters. The van der Waals surface area contributed by atoms with E-state index < -0.39 is 0 Å². The fourth-order valence-electron chi connectivity index (χ4n) is 2.92. The molecule has 0 aliphatic carbocycles. The average molecular weight is 294 g/mol. The molecule has 1 aromatic heterocycles. The summed E-state index contributed by atoms with van der Waals surface area (Å²) in [6, 6.07) is 17.8. The number of rotatable bonds is 5. The van der Waals surface area contributed by atoms with Gasteiger partial charge in [0.1, 0.15) is 0 Å². The number of para-hydroxylation sites is 1. The molecule has 1 heterocycles. The molecule has 0 spiro atoms. The quantitative estimate of drug-likeness (QED) is 0.759. The summed E-state index contributed by atoms with van der Waals surface area (Å²) in [4.78, 5) is 11.2. The minimum absolute atomic E-state index is 0.0473. The van der Waals surface area contributed by atoms with Gasteiger partial charge in [0.05, 0.1) is 12.3 Å². The van der Waals surface area contributed by atoms with Crippen molar-refractivity contribution in [2.45, 2.75) is 19.6 Å². The Morgan fingerprint density at radius 3 is 2.41 bits per heavy atom. The minimum atomic E-state index is -0.331. The van der Waals surface area contributed by atoms with Crippen LogP contribution in [0.15, 0.2) is 54.6 Å². The van der Waals surface area contributed by atoms with Gasteiger partial charge in [0.15, 0.2) is 0 Å². The largest absolute Gasteiger partial charge is 0.392 e. The van der Waals surface area contributed by atoms with Crippen molar-refractivity contribution in [3.63, 3.8) is 0 Å². The van der Waals surface area contributed by atoms with Gasteiger partial charge in [-0.3, -0.25) is 4.79 Å². The number of primary amides is 1. The van der Waals surface area contributed by atoms with Gasteiger partial charge in [0.2, 0.25) is 5.91 Å². The molecule has 0 atom stereocenters. The maximum atomic E-state index is 11.2. The van der Waals surface area contributed by atoms with Crippen molar-refractivity contribution >= 4 is 16.8 Å². The number of hydrogen-bond donors (Lipinski definition) is 2. The Bertz CT molecular complexity index is 807. The second-order valence-electron chi connectivity index (χ2n) is 5.24. The maximum Gasteiger partial charge on any atom is 0.219 e. The van der Waals surface area contributed by atoms with E-state index in [1.165, 1.54) is 0 Å². The van der Waals surface area contributed by atoms with Crippen molar-refractivity contribution in [2.24, 2.45) is 5.73 Å². The minimum Gasteiger partial charge on any atom is -0.392 e. The molecule has 22 heavy (non-hydrogen) atoms. The van der Waals surface area contributed by atoms with Crippen LogP contribution >= 0.6 is 0 Å². The molecule has 0 radical (unpaired) electrons. The lowest BCUT2D eigenvalue weighted by Gasteiger charge is -2.11. The van der Waals surface area contributed by atoms with E-state index in [4.69, 9.17) is 5.73 Å². The first kappa shape index (κ1) is 14.4. The van der Waals surface area contributed by atoms with Crippen LogP contribution in [0.3, 0.4) is 0 Å². The number of nitrogens with two attached hydrogens (primary N) is 1. The maximum absolute atomic E-state index is 11.2. The number of nitrogens with zero attached hydrogens (tertiary/aromatic N) is 1. The smallest absolute Gasteiger partial charge is 0.219 e. The van der Waals surface area contributed by atoms with Crippen molar-refractivity contribution in [2.75, 3.05) is 0 Å². The van der Waals surface area contributed by atoms with Crippen LogP contribution in [0.5, 0.6) is 0 Å². The summed E-state index contributed by atoms with van der Waals surface area (Å²) in [6.07, 6.45) is 0.267. The average Bonchev–Trinajstić information content (AvgIpc) is 2.87. The fourth-order valence-corrected chi connectivity index (χ4v) is 2.92. The van der Waals surface area contributed by atoms with Crippen LogP contribution in [0.2, 0.25) is 0 Å². The number of hydrogen-bond acceptors (Lipinski definition) is 2. The van der Waals surface area contributed by atoms with Crippen LogP contribution in [0, 0.1) is 0 Å². The van der Waals surface area contributed by atoms with Crippen molar-refractivity contribution in [3.05, 3.63) is 60.2 Å². The van der Waals surface area contributed by atoms with Crippen LogP contribution in [0.25, 0.3) is 22.2 Å². The lowest BCUT2D eigenvalue weighted by atomic mass is 10.1. The SMILES string of the molecule is NC(=O)CCn1c(-c2ccccc2)c(CO)c2ccccc21. The first-order chi connectivity index (χ1) is 10.7. The molecule has 0 saturated carbocycles. The molecule has 3 rings (SSSR count). The summed E-state index contributed by atoms with van der Waals surface area (Å²) >= 11 is 0. The third-order valence-corrected chi connectivity index (χ3v) is 3.86. The highest BCUT2D eigenvalue weighted by Gasteiger charge is 2.17. The Hall–Kier alpha value is -2.59. The lowest BCUT2D eigenvalue weighted by molar-refractivity contribution is -0.118. The van der Waals surface area contributed by atoms with Gasteiger partial charge >= 0.3 is 0 Å². The van der Waals surface area contributed by atoms with Crippen molar-refractivity contribution in [1.82, 2.24) is 4.57 Å². The molecule has 0 aliphatic rings. The van der Waals surface area contributed by atoms with Crippen LogP contribution in [0.4, 0.5) is 0 Å². The summed E-state index contributed by atoms with van der Waals surface area (Å²) in [7, 11) is 0. The van der Waals surface area contributed by atoms with E-state index in [9.17, 15) is 9.90 Å². The van der Waals surface area contributed by atoms with Gasteiger partial charge in [0, 0.05) is 29.4 Å². The van der Waals surface area contributed by atoms with E-state index in [0.717, 1.165) is 27.7 Å². The number of carbonyl (C=O) groups excluding carboxylic acids is 1. The number of aryl methyl sites for hydroxylation is 1. The molecule has 0 bridgehead atoms. The molecule has 0 saturated heterocycles. The van der Waals surface area contributed by atoms with Crippen LogP contribution in [-0.4, -0.2) is 15.6 Å². The van der Waals surface area contributed by atoms with Crippen LogP contribution < -0.4 is 5.73 Å². The molecule has 4 heteroatoms. The number of benzene rings is 2. The van der Waals surface area contributed by atoms with E-state index in [-0.39, 0.29) is 18.9 Å². The first-order valence-electron chi connectivity index (χ1n) is 7.27. The normalized spacial score (nSPS) is 11.0. The number of carbonyl (C=O) groups is 1. The monoisotopic (exact) mass is 294 g/mol. The Kier molecular flexibility index (Phi) is 3.94. The van der Waals surface area contributed by atoms with Gasteiger partial charge in [0.25, 0.3) is 0 Å². The van der Waals surface area contributed by atoms with Gasteiger partial charge < -0.3 is 15.4 Å². The molecule has 4 nitrogen and oxygen atoms in total. The summed E-state index contributed by atoms with van der Waals surface area (Å²) < 4.78 is 2.07. The molecular weight excluding hydrogens is 276 g/mol. The molecule has 0 fully saturated rings. The zero-order chi connectivity index (χ0) is 15.5. The third-order valence-electron chi connectivity index (χ3n) is 3.86. The summed E-state index contributed by atoms with van der Waals surface area (Å²) in [5.41, 5.74) is 9.17. The van der Waals surface area contributed by atoms with Crippen molar-refractivity contribution in [1.29, 1.82) is 0 Å². The Morgan fingerprint density at radius 2 is 1.73 bits per heavy atom. The van der Waals surface area contributed by atoms with Gasteiger partial charge in [-0.25, -0.2) is 0 Å². The van der Waals surface area contributed by atoms with E-state index in [2.05, 4.69) is 4.57 Å². The molecule has 2 aromatic carbocycles. The third kappa shape index (κ3) is 2.49. The standard InChI is InChI=1S/C18H18N2O2/c19-17(22)10-11-20-16-9-5-4-8-14(16)15(12-21)18(20)13-6-2-1-3-7-13/h1-9,21H,10-12H2,(H2,19,22). The molecule has 0 aliphatic heterocycles. The van der Waals surface area contributed by atoms with Gasteiger partial charge in [-0.2, -0.15) is 0 Å².